The number of hydrogen-bond acceptors (Lipinski definition) is 6. The molecule has 0 radical (unpaired) electrons. The first-order valence-corrected chi connectivity index (χ1v) is 12.4. The Kier molecular flexibility index (Phi) is 6.60. The van der Waals surface area contributed by atoms with Crippen LogP contribution in [0.3, 0.4) is 0 Å². The predicted octanol–water partition coefficient (Wildman–Crippen LogP) is 4.42. The Bertz CT molecular complexity index is 887. The highest BCUT2D eigenvalue weighted by Gasteiger charge is 2.62. The third kappa shape index (κ3) is 4.09. The zero-order chi connectivity index (χ0) is 24.0. The topological polar surface area (TPSA) is 78.9 Å². The van der Waals surface area contributed by atoms with E-state index in [-0.39, 0.29) is 46.5 Å². The largest absolute Gasteiger partial charge is 0.465 e. The Labute approximate surface area is 197 Å². The van der Waals surface area contributed by atoms with Gasteiger partial charge < -0.3 is 14.2 Å². The first-order chi connectivity index (χ1) is 15.6. The fourth-order valence-corrected chi connectivity index (χ4v) is 8.01. The molecule has 3 saturated carbocycles. The number of fused-ring (bicyclic) bond motifs is 5. The molecular weight excluding hydrogens is 420 g/mol. The fourth-order valence-electron chi connectivity index (χ4n) is 8.01. The Morgan fingerprint density at radius 2 is 1.85 bits per heavy atom. The van der Waals surface area contributed by atoms with Crippen LogP contribution in [-0.4, -0.2) is 44.1 Å². The van der Waals surface area contributed by atoms with Crippen LogP contribution in [0, 0.1) is 34.5 Å². The summed E-state index contributed by atoms with van der Waals surface area (Å²) in [7, 11) is 1.65. The Hall–Kier alpha value is -1.95. The Balaban J connectivity index is 1.73. The number of rotatable bonds is 6. The van der Waals surface area contributed by atoms with Gasteiger partial charge in [0.1, 0.15) is 6.10 Å². The number of ether oxygens (including phenoxy) is 3. The minimum absolute atomic E-state index is 0.0939. The first kappa shape index (κ1) is 24.2. The maximum Gasteiger partial charge on any atom is 0.302 e. The van der Waals surface area contributed by atoms with Crippen LogP contribution in [0.4, 0.5) is 0 Å². The highest BCUT2D eigenvalue weighted by molar-refractivity contribution is 6.02. The number of carbonyl (C=O) groups excluding carboxylic acids is 3. The molecule has 7 atom stereocenters. The maximum atomic E-state index is 12.3. The molecule has 0 heterocycles. The minimum atomic E-state index is -0.301. The Morgan fingerprint density at radius 3 is 2.52 bits per heavy atom. The van der Waals surface area contributed by atoms with Gasteiger partial charge in [-0.15, -0.1) is 0 Å². The number of allylic oxidation sites excluding steroid dienone is 4. The van der Waals surface area contributed by atoms with Crippen molar-refractivity contribution >= 4 is 17.7 Å². The molecular formula is C27H38O6. The van der Waals surface area contributed by atoms with Crippen molar-refractivity contribution in [3.05, 3.63) is 23.3 Å². The number of esters is 2. The van der Waals surface area contributed by atoms with Crippen LogP contribution in [0.25, 0.3) is 0 Å². The summed E-state index contributed by atoms with van der Waals surface area (Å²) >= 11 is 0. The molecule has 4 aliphatic carbocycles. The van der Waals surface area contributed by atoms with Crippen molar-refractivity contribution in [2.45, 2.75) is 72.3 Å². The van der Waals surface area contributed by atoms with Gasteiger partial charge in [-0.3, -0.25) is 14.4 Å². The van der Waals surface area contributed by atoms with E-state index in [4.69, 9.17) is 14.2 Å². The van der Waals surface area contributed by atoms with Gasteiger partial charge in [0, 0.05) is 37.7 Å². The number of carbonyl (C=O) groups is 3. The molecule has 0 aliphatic heterocycles. The second-order valence-corrected chi connectivity index (χ2v) is 10.9. The van der Waals surface area contributed by atoms with Crippen LogP contribution in [0.2, 0.25) is 0 Å². The van der Waals surface area contributed by atoms with E-state index >= 15 is 0 Å². The highest BCUT2D eigenvalue weighted by atomic mass is 16.6. The summed E-state index contributed by atoms with van der Waals surface area (Å²) in [6, 6.07) is 0. The van der Waals surface area contributed by atoms with E-state index in [2.05, 4.69) is 13.8 Å². The molecule has 3 fully saturated rings. The van der Waals surface area contributed by atoms with E-state index in [0.29, 0.717) is 25.0 Å². The molecule has 0 aromatic heterocycles. The van der Waals surface area contributed by atoms with Gasteiger partial charge in [0.2, 0.25) is 0 Å². The molecule has 0 aromatic rings. The quantitative estimate of drug-likeness (QED) is 0.548. The van der Waals surface area contributed by atoms with Crippen LogP contribution < -0.4 is 0 Å². The second kappa shape index (κ2) is 9.01. The van der Waals surface area contributed by atoms with Crippen molar-refractivity contribution in [3.63, 3.8) is 0 Å². The summed E-state index contributed by atoms with van der Waals surface area (Å²) in [6.07, 6.45) is 9.21. The van der Waals surface area contributed by atoms with Crippen molar-refractivity contribution in [2.24, 2.45) is 34.5 Å². The van der Waals surface area contributed by atoms with Gasteiger partial charge in [0.15, 0.2) is 5.78 Å². The van der Waals surface area contributed by atoms with Gasteiger partial charge in [-0.25, -0.2) is 0 Å². The average Bonchev–Trinajstić information content (AvgIpc) is 3.13. The standard InChI is InChI=1S/C27H38O6/c1-16-12-20(30)13-19-6-7-21-23(26(16,19)4)9-11-27(15-32-17(2)28)10-8-22(25(21)27)24(14-31-5)33-18(3)29/h12-13,21-25H,6-11,14-15H2,1-5H3/t21-,22-,23+,24+,25-,26+,27+/m1/s1. The normalized spacial score (nSPS) is 38.3. The van der Waals surface area contributed by atoms with Gasteiger partial charge in [-0.2, -0.15) is 0 Å². The maximum absolute atomic E-state index is 12.3. The molecule has 0 aromatic carbocycles. The van der Waals surface area contributed by atoms with Crippen molar-refractivity contribution in [2.75, 3.05) is 20.3 Å². The molecule has 6 nitrogen and oxygen atoms in total. The predicted molar refractivity (Wildman–Crippen MR) is 123 cm³/mol. The Morgan fingerprint density at radius 1 is 1.12 bits per heavy atom. The lowest BCUT2D eigenvalue weighted by Crippen LogP contribution is -2.54. The molecule has 0 saturated heterocycles. The lowest BCUT2D eigenvalue weighted by atomic mass is 9.46. The summed E-state index contributed by atoms with van der Waals surface area (Å²) in [4.78, 5) is 36.0. The lowest BCUT2D eigenvalue weighted by Gasteiger charge is -2.59. The van der Waals surface area contributed by atoms with Gasteiger partial charge in [0.05, 0.1) is 13.2 Å². The molecule has 6 heteroatoms. The number of hydrogen-bond donors (Lipinski definition) is 0. The van der Waals surface area contributed by atoms with E-state index in [1.165, 1.54) is 19.4 Å². The summed E-state index contributed by atoms with van der Waals surface area (Å²) in [6.45, 7) is 8.15. The van der Waals surface area contributed by atoms with Crippen LogP contribution in [0.15, 0.2) is 23.3 Å². The molecule has 0 N–H and O–H groups in total. The third-order valence-corrected chi connectivity index (χ3v) is 9.41. The summed E-state index contributed by atoms with van der Waals surface area (Å²) in [5.41, 5.74) is 2.22. The molecule has 182 valence electrons. The van der Waals surface area contributed by atoms with Gasteiger partial charge in [-0.1, -0.05) is 18.1 Å². The highest BCUT2D eigenvalue weighted by Crippen LogP contribution is 2.67. The second-order valence-electron chi connectivity index (χ2n) is 10.9. The molecule has 33 heavy (non-hydrogen) atoms. The number of methoxy groups -OCH3 is 1. The smallest absolute Gasteiger partial charge is 0.302 e. The van der Waals surface area contributed by atoms with Crippen molar-refractivity contribution in [1.29, 1.82) is 0 Å². The average molecular weight is 459 g/mol. The van der Waals surface area contributed by atoms with Crippen LogP contribution in [0.5, 0.6) is 0 Å². The summed E-state index contributed by atoms with van der Waals surface area (Å²) in [5.74, 6) is 0.848. The minimum Gasteiger partial charge on any atom is -0.465 e. The zero-order valence-corrected chi connectivity index (χ0v) is 20.6. The summed E-state index contributed by atoms with van der Waals surface area (Å²) in [5, 5.41) is 0. The van der Waals surface area contributed by atoms with Crippen molar-refractivity contribution in [1.82, 2.24) is 0 Å². The van der Waals surface area contributed by atoms with Gasteiger partial charge >= 0.3 is 11.9 Å². The summed E-state index contributed by atoms with van der Waals surface area (Å²) < 4.78 is 16.9. The van der Waals surface area contributed by atoms with E-state index < -0.39 is 0 Å². The molecule has 0 unspecified atom stereocenters. The van der Waals surface area contributed by atoms with Crippen molar-refractivity contribution in [3.8, 4) is 0 Å². The van der Waals surface area contributed by atoms with E-state index in [9.17, 15) is 14.4 Å². The van der Waals surface area contributed by atoms with E-state index in [0.717, 1.165) is 44.1 Å². The van der Waals surface area contributed by atoms with Gasteiger partial charge in [0.25, 0.3) is 0 Å². The van der Waals surface area contributed by atoms with Crippen LogP contribution in [-0.2, 0) is 28.6 Å². The molecule has 0 amide bonds. The molecule has 0 spiro atoms. The van der Waals surface area contributed by atoms with E-state index in [1.807, 2.05) is 12.2 Å². The SMILES string of the molecule is COC[C@H](OC(C)=O)[C@H]1CC[C@@]2(COC(C)=O)CC[C@H]3[C@@H](CCC4=CC(=O)C=C(C)[C@@]43C)[C@H]12. The van der Waals surface area contributed by atoms with Crippen molar-refractivity contribution < 1.29 is 28.6 Å². The first-order valence-electron chi connectivity index (χ1n) is 12.4. The lowest BCUT2D eigenvalue weighted by molar-refractivity contribution is -0.161. The molecule has 4 rings (SSSR count). The number of ketones is 1. The molecule has 4 aliphatic rings. The van der Waals surface area contributed by atoms with Gasteiger partial charge in [-0.05, 0) is 75.4 Å². The zero-order valence-electron chi connectivity index (χ0n) is 20.6. The van der Waals surface area contributed by atoms with E-state index in [1.54, 1.807) is 7.11 Å². The third-order valence-electron chi connectivity index (χ3n) is 9.41. The fraction of sp³-hybridized carbons (Fsp3) is 0.741. The molecule has 0 bridgehead atoms. The van der Waals surface area contributed by atoms with Crippen LogP contribution in [0.1, 0.15) is 66.2 Å². The monoisotopic (exact) mass is 458 g/mol. The van der Waals surface area contributed by atoms with Crippen LogP contribution >= 0.6 is 0 Å².